The third-order valence-corrected chi connectivity index (χ3v) is 4.34. The predicted molar refractivity (Wildman–Crippen MR) is 88.3 cm³/mol. The number of rotatable bonds is 3. The summed E-state index contributed by atoms with van der Waals surface area (Å²) in [4.78, 5) is 14.7. The van der Waals surface area contributed by atoms with Gasteiger partial charge in [0.15, 0.2) is 5.69 Å². The number of nitrogens with zero attached hydrogens (tertiary/aromatic N) is 2. The van der Waals surface area contributed by atoms with E-state index in [2.05, 4.69) is 12.1 Å². The molecule has 0 N–H and O–H groups in total. The molecule has 0 atom stereocenters. The lowest BCUT2D eigenvalue weighted by atomic mass is 9.96. The second-order valence-corrected chi connectivity index (χ2v) is 6.24. The van der Waals surface area contributed by atoms with Gasteiger partial charge >= 0.3 is 0 Å². The molecular formula is C18H22N2O3. The minimum Gasteiger partial charge on any atom is -0.495 e. The molecule has 0 saturated carbocycles. The number of benzene rings is 1. The molecule has 3 rings (SSSR count). The van der Waals surface area contributed by atoms with E-state index in [0.29, 0.717) is 12.2 Å². The van der Waals surface area contributed by atoms with Crippen molar-refractivity contribution in [1.82, 2.24) is 5.16 Å². The fourth-order valence-electron chi connectivity index (χ4n) is 3.02. The van der Waals surface area contributed by atoms with Crippen LogP contribution in [-0.4, -0.2) is 24.7 Å². The van der Waals surface area contributed by atoms with Crippen molar-refractivity contribution in [3.63, 3.8) is 0 Å². The zero-order valence-corrected chi connectivity index (χ0v) is 14.0. The number of ether oxygens (including phenoxy) is 1. The Bertz CT molecular complexity index is 734. The van der Waals surface area contributed by atoms with Crippen molar-refractivity contribution in [2.75, 3.05) is 18.6 Å². The van der Waals surface area contributed by atoms with Gasteiger partial charge in [-0.2, -0.15) is 0 Å². The number of hydrogen-bond donors (Lipinski definition) is 0. The Morgan fingerprint density at radius 3 is 2.83 bits per heavy atom. The lowest BCUT2D eigenvalue weighted by Gasteiger charge is -2.31. The van der Waals surface area contributed by atoms with Crippen LogP contribution in [0.4, 0.5) is 5.69 Å². The molecule has 5 nitrogen and oxygen atoms in total. The van der Waals surface area contributed by atoms with Crippen molar-refractivity contribution in [3.05, 3.63) is 40.8 Å². The predicted octanol–water partition coefficient (Wildman–Crippen LogP) is 3.71. The second kappa shape index (κ2) is 6.07. The highest BCUT2D eigenvalue weighted by Crippen LogP contribution is 2.38. The summed E-state index contributed by atoms with van der Waals surface area (Å²) in [6.45, 7) is 6.75. The zero-order chi connectivity index (χ0) is 16.6. The highest BCUT2D eigenvalue weighted by atomic mass is 16.5. The van der Waals surface area contributed by atoms with Gasteiger partial charge in [0, 0.05) is 18.5 Å². The summed E-state index contributed by atoms with van der Waals surface area (Å²) in [6.07, 6.45) is 1.89. The molecule has 1 aromatic carbocycles. The Hall–Kier alpha value is -2.30. The van der Waals surface area contributed by atoms with Gasteiger partial charge in [0.25, 0.3) is 5.91 Å². The van der Waals surface area contributed by atoms with Crippen LogP contribution in [0.15, 0.2) is 22.7 Å². The van der Waals surface area contributed by atoms with E-state index in [0.717, 1.165) is 30.0 Å². The topological polar surface area (TPSA) is 55.6 Å². The number of carbonyl (C=O) groups is 1. The van der Waals surface area contributed by atoms with Crippen molar-refractivity contribution in [2.45, 2.75) is 39.5 Å². The fraction of sp³-hybridized carbons (Fsp3) is 0.444. The van der Waals surface area contributed by atoms with E-state index in [1.54, 1.807) is 18.1 Å². The van der Waals surface area contributed by atoms with Crippen LogP contribution in [0.25, 0.3) is 0 Å². The summed E-state index contributed by atoms with van der Waals surface area (Å²) in [5, 5.41) is 3.96. The lowest BCUT2D eigenvalue weighted by Crippen LogP contribution is -2.36. The van der Waals surface area contributed by atoms with Crippen LogP contribution in [0.2, 0.25) is 0 Å². The van der Waals surface area contributed by atoms with E-state index < -0.39 is 0 Å². The molecule has 0 spiro atoms. The molecule has 1 aliphatic rings. The summed E-state index contributed by atoms with van der Waals surface area (Å²) in [7, 11) is 1.63. The third kappa shape index (κ3) is 2.71. The van der Waals surface area contributed by atoms with Crippen molar-refractivity contribution in [1.29, 1.82) is 0 Å². The molecule has 0 aliphatic carbocycles. The van der Waals surface area contributed by atoms with Crippen LogP contribution >= 0.6 is 0 Å². The Kier molecular flexibility index (Phi) is 4.11. The monoisotopic (exact) mass is 314 g/mol. The Morgan fingerprint density at radius 2 is 2.17 bits per heavy atom. The van der Waals surface area contributed by atoms with Crippen molar-refractivity contribution >= 4 is 11.6 Å². The van der Waals surface area contributed by atoms with Gasteiger partial charge in [-0.1, -0.05) is 25.1 Å². The van der Waals surface area contributed by atoms with E-state index in [1.165, 1.54) is 11.1 Å². The molecule has 5 heteroatoms. The molecule has 0 bridgehead atoms. The van der Waals surface area contributed by atoms with Crippen molar-refractivity contribution in [2.24, 2.45) is 0 Å². The molecule has 1 aliphatic heterocycles. The fourth-order valence-corrected chi connectivity index (χ4v) is 3.02. The standard InChI is InChI=1S/C18H22N2O3/c1-11(2)16-10-14(19-23-16)18(21)20-9-5-6-13-12(3)7-8-15(22-4)17(13)20/h7-8,10-11H,5-6,9H2,1-4H3. The number of aryl methyl sites for hydroxylation is 1. The first-order valence-corrected chi connectivity index (χ1v) is 7.98. The number of anilines is 1. The van der Waals surface area contributed by atoms with Gasteiger partial charge in [-0.3, -0.25) is 4.79 Å². The molecule has 0 saturated heterocycles. The normalized spacial score (nSPS) is 14.0. The first-order chi connectivity index (χ1) is 11.0. The van der Waals surface area contributed by atoms with E-state index in [9.17, 15) is 4.79 Å². The summed E-state index contributed by atoms with van der Waals surface area (Å²) < 4.78 is 10.8. The SMILES string of the molecule is COc1ccc(C)c2c1N(C(=O)c1cc(C(C)C)on1)CCC2. The first kappa shape index (κ1) is 15.6. The quantitative estimate of drug-likeness (QED) is 0.866. The van der Waals surface area contributed by atoms with Gasteiger partial charge in [-0.25, -0.2) is 0 Å². The van der Waals surface area contributed by atoms with Gasteiger partial charge < -0.3 is 14.2 Å². The first-order valence-electron chi connectivity index (χ1n) is 7.98. The molecule has 2 heterocycles. The molecule has 122 valence electrons. The second-order valence-electron chi connectivity index (χ2n) is 6.24. The zero-order valence-electron chi connectivity index (χ0n) is 14.0. The Balaban J connectivity index is 2.02. The van der Waals surface area contributed by atoms with Gasteiger partial charge in [-0.15, -0.1) is 0 Å². The number of carbonyl (C=O) groups excluding carboxylic acids is 1. The minimum absolute atomic E-state index is 0.134. The Labute approximate surface area is 136 Å². The maximum absolute atomic E-state index is 12.9. The maximum atomic E-state index is 12.9. The summed E-state index contributed by atoms with van der Waals surface area (Å²) in [6, 6.07) is 5.70. The third-order valence-electron chi connectivity index (χ3n) is 4.34. The molecule has 23 heavy (non-hydrogen) atoms. The van der Waals surface area contributed by atoms with E-state index in [-0.39, 0.29) is 11.8 Å². The molecule has 1 aromatic heterocycles. The average Bonchev–Trinajstić information content (AvgIpc) is 3.04. The van der Waals surface area contributed by atoms with Gasteiger partial charge in [0.1, 0.15) is 11.5 Å². The highest BCUT2D eigenvalue weighted by molar-refractivity contribution is 6.06. The van der Waals surface area contributed by atoms with Crippen molar-refractivity contribution in [3.8, 4) is 5.75 Å². The van der Waals surface area contributed by atoms with Gasteiger partial charge in [0.05, 0.1) is 12.8 Å². The summed E-state index contributed by atoms with van der Waals surface area (Å²) in [5.41, 5.74) is 3.58. The van der Waals surface area contributed by atoms with E-state index >= 15 is 0 Å². The maximum Gasteiger partial charge on any atom is 0.280 e. The molecule has 0 unspecified atom stereocenters. The number of fused-ring (bicyclic) bond motifs is 1. The van der Waals surface area contributed by atoms with Crippen molar-refractivity contribution < 1.29 is 14.1 Å². The van der Waals surface area contributed by atoms with Crippen LogP contribution in [0.3, 0.4) is 0 Å². The highest BCUT2D eigenvalue weighted by Gasteiger charge is 2.29. The smallest absolute Gasteiger partial charge is 0.280 e. The summed E-state index contributed by atoms with van der Waals surface area (Å²) in [5.74, 6) is 1.52. The van der Waals surface area contributed by atoms with Crippen LogP contribution in [0.1, 0.15) is 53.6 Å². The van der Waals surface area contributed by atoms with Crippen LogP contribution in [0.5, 0.6) is 5.75 Å². The number of aromatic nitrogens is 1. The summed E-state index contributed by atoms with van der Waals surface area (Å²) >= 11 is 0. The number of amides is 1. The van der Waals surface area contributed by atoms with E-state index in [4.69, 9.17) is 9.26 Å². The van der Waals surface area contributed by atoms with Crippen LogP contribution in [0, 0.1) is 6.92 Å². The average molecular weight is 314 g/mol. The molecular weight excluding hydrogens is 292 g/mol. The van der Waals surface area contributed by atoms with Gasteiger partial charge in [0.2, 0.25) is 0 Å². The largest absolute Gasteiger partial charge is 0.495 e. The lowest BCUT2D eigenvalue weighted by molar-refractivity contribution is 0.0975. The van der Waals surface area contributed by atoms with Crippen LogP contribution in [-0.2, 0) is 6.42 Å². The minimum atomic E-state index is -0.134. The molecule has 0 fully saturated rings. The van der Waals surface area contributed by atoms with E-state index in [1.807, 2.05) is 26.0 Å². The number of hydrogen-bond acceptors (Lipinski definition) is 4. The molecule has 1 amide bonds. The van der Waals surface area contributed by atoms with Gasteiger partial charge in [-0.05, 0) is 37.0 Å². The van der Waals surface area contributed by atoms with Crippen LogP contribution < -0.4 is 9.64 Å². The number of methoxy groups -OCH3 is 1. The molecule has 0 radical (unpaired) electrons. The Morgan fingerprint density at radius 1 is 1.39 bits per heavy atom. The molecule has 2 aromatic rings.